The van der Waals surface area contributed by atoms with Gasteiger partial charge in [-0.3, -0.25) is 0 Å². The first-order chi connectivity index (χ1) is 10.2. The summed E-state index contributed by atoms with van der Waals surface area (Å²) in [5.41, 5.74) is 0. The van der Waals surface area contributed by atoms with Gasteiger partial charge in [-0.1, -0.05) is 0 Å². The molecule has 23 heavy (non-hydrogen) atoms. The average Bonchev–Trinajstić information content (AvgIpc) is 2.99. The second-order valence-corrected chi connectivity index (χ2v) is 5.88. The predicted molar refractivity (Wildman–Crippen MR) is 57.7 cm³/mol. The van der Waals surface area contributed by atoms with E-state index in [-0.39, 0.29) is 12.3 Å². The second kappa shape index (κ2) is 5.18. The first-order valence-corrected chi connectivity index (χ1v) is 6.66. The van der Waals surface area contributed by atoms with E-state index in [1.807, 2.05) is 0 Å². The fraction of sp³-hybridized carbons (Fsp3) is 0.917. The molecule has 3 nitrogen and oxygen atoms in total. The highest BCUT2D eigenvalue weighted by atomic mass is 19.4. The standard InChI is InChI=1S/C12H12F8O3/c13-9(14,8(21)22)10(15,16)11(17,18)12(19,20)23-7-4-5-1-2-6(7)3-5/h5-7H,1-4H2,(H,21,22). The van der Waals surface area contributed by atoms with E-state index in [0.29, 0.717) is 19.3 Å². The van der Waals surface area contributed by atoms with Gasteiger partial charge < -0.3 is 9.84 Å². The Morgan fingerprint density at radius 2 is 1.48 bits per heavy atom. The van der Waals surface area contributed by atoms with E-state index in [9.17, 15) is 39.9 Å². The molecule has 2 saturated carbocycles. The predicted octanol–water partition coefficient (Wildman–Crippen LogP) is 3.77. The third kappa shape index (κ3) is 2.56. The summed E-state index contributed by atoms with van der Waals surface area (Å²) < 4.78 is 109. The van der Waals surface area contributed by atoms with Gasteiger partial charge in [0.2, 0.25) is 0 Å². The summed E-state index contributed by atoms with van der Waals surface area (Å²) in [5, 5.41) is 7.93. The van der Waals surface area contributed by atoms with Crippen LogP contribution in [0.5, 0.6) is 0 Å². The molecule has 2 fully saturated rings. The van der Waals surface area contributed by atoms with Crippen molar-refractivity contribution >= 4 is 5.97 Å². The minimum Gasteiger partial charge on any atom is -0.477 e. The van der Waals surface area contributed by atoms with Gasteiger partial charge in [0.1, 0.15) is 0 Å². The molecule has 2 aliphatic rings. The van der Waals surface area contributed by atoms with Crippen molar-refractivity contribution in [3.8, 4) is 0 Å². The fourth-order valence-electron chi connectivity index (χ4n) is 3.11. The smallest absolute Gasteiger partial charge is 0.426 e. The Kier molecular flexibility index (Phi) is 4.10. The number of rotatable bonds is 6. The van der Waals surface area contributed by atoms with Gasteiger partial charge in [-0.2, -0.15) is 35.1 Å². The molecule has 2 bridgehead atoms. The Bertz CT molecular complexity index is 493. The van der Waals surface area contributed by atoms with Crippen molar-refractivity contribution in [3.05, 3.63) is 0 Å². The maximum absolute atomic E-state index is 13.5. The topological polar surface area (TPSA) is 46.5 Å². The monoisotopic (exact) mass is 356 g/mol. The zero-order valence-electron chi connectivity index (χ0n) is 11.3. The summed E-state index contributed by atoms with van der Waals surface area (Å²) >= 11 is 0. The second-order valence-electron chi connectivity index (χ2n) is 5.88. The highest BCUT2D eigenvalue weighted by Crippen LogP contribution is 2.55. The number of halogens is 8. The molecule has 0 aromatic heterocycles. The number of hydrogen-bond donors (Lipinski definition) is 1. The maximum atomic E-state index is 13.5. The van der Waals surface area contributed by atoms with Crippen molar-refractivity contribution in [1.29, 1.82) is 0 Å². The van der Waals surface area contributed by atoms with Crippen LogP contribution in [0, 0.1) is 11.8 Å². The van der Waals surface area contributed by atoms with Crippen molar-refractivity contribution in [1.82, 2.24) is 0 Å². The average molecular weight is 356 g/mol. The van der Waals surface area contributed by atoms with E-state index in [1.165, 1.54) is 0 Å². The van der Waals surface area contributed by atoms with Crippen molar-refractivity contribution in [3.63, 3.8) is 0 Å². The van der Waals surface area contributed by atoms with Gasteiger partial charge in [-0.05, 0) is 37.5 Å². The van der Waals surface area contributed by atoms with E-state index in [4.69, 9.17) is 5.11 Å². The molecule has 1 N–H and O–H groups in total. The molecular weight excluding hydrogens is 344 g/mol. The van der Waals surface area contributed by atoms with Gasteiger partial charge in [-0.15, -0.1) is 0 Å². The quantitative estimate of drug-likeness (QED) is 0.737. The van der Waals surface area contributed by atoms with Crippen molar-refractivity contribution in [2.24, 2.45) is 11.8 Å². The van der Waals surface area contributed by atoms with Crippen molar-refractivity contribution in [2.75, 3.05) is 0 Å². The molecule has 0 aromatic carbocycles. The van der Waals surface area contributed by atoms with Crippen molar-refractivity contribution < 1.29 is 49.8 Å². The fourth-order valence-corrected chi connectivity index (χ4v) is 3.11. The molecule has 0 heterocycles. The first-order valence-electron chi connectivity index (χ1n) is 6.66. The van der Waals surface area contributed by atoms with Gasteiger partial charge in [0.05, 0.1) is 6.10 Å². The highest BCUT2D eigenvalue weighted by Gasteiger charge is 2.84. The zero-order chi connectivity index (χ0) is 17.8. The van der Waals surface area contributed by atoms with Crippen LogP contribution in [0.3, 0.4) is 0 Å². The number of alkyl halides is 8. The Balaban J connectivity index is 2.23. The lowest BCUT2D eigenvalue weighted by Gasteiger charge is -2.36. The van der Waals surface area contributed by atoms with E-state index < -0.39 is 41.9 Å². The highest BCUT2D eigenvalue weighted by molar-refractivity contribution is 5.77. The maximum Gasteiger partial charge on any atom is 0.426 e. The molecule has 134 valence electrons. The van der Waals surface area contributed by atoms with E-state index in [0.717, 1.165) is 0 Å². The third-order valence-electron chi connectivity index (χ3n) is 4.40. The molecule has 11 heteroatoms. The number of fused-ring (bicyclic) bond motifs is 2. The summed E-state index contributed by atoms with van der Waals surface area (Å²) in [5.74, 6) is -24.2. The molecule has 0 aliphatic heterocycles. The summed E-state index contributed by atoms with van der Waals surface area (Å²) in [7, 11) is 0. The minimum atomic E-state index is -6.84. The lowest BCUT2D eigenvalue weighted by atomic mass is 9.97. The first kappa shape index (κ1) is 18.2. The summed E-state index contributed by atoms with van der Waals surface area (Å²) in [6, 6.07) is 0. The van der Waals surface area contributed by atoms with E-state index in [2.05, 4.69) is 4.74 Å². The van der Waals surface area contributed by atoms with Gasteiger partial charge in [-0.25, -0.2) is 4.79 Å². The lowest BCUT2D eigenvalue weighted by Crippen LogP contribution is -2.65. The van der Waals surface area contributed by atoms with Crippen molar-refractivity contribution in [2.45, 2.75) is 55.7 Å². The minimum absolute atomic E-state index is 0.0583. The van der Waals surface area contributed by atoms with E-state index >= 15 is 0 Å². The van der Waals surface area contributed by atoms with Crippen LogP contribution in [-0.2, 0) is 9.53 Å². The van der Waals surface area contributed by atoms with Gasteiger partial charge in [0.25, 0.3) is 0 Å². The molecule has 2 rings (SSSR count). The summed E-state index contributed by atoms with van der Waals surface area (Å²) in [6.45, 7) is 0. The Morgan fingerprint density at radius 3 is 1.87 bits per heavy atom. The van der Waals surface area contributed by atoms with Gasteiger partial charge in [0.15, 0.2) is 0 Å². The Hall–Kier alpha value is -1.13. The summed E-state index contributed by atoms with van der Waals surface area (Å²) in [6.07, 6.45) is -5.99. The largest absolute Gasteiger partial charge is 0.477 e. The number of carbonyl (C=O) groups is 1. The molecule has 3 unspecified atom stereocenters. The van der Waals surface area contributed by atoms with Gasteiger partial charge in [0, 0.05) is 0 Å². The normalized spacial score (nSPS) is 29.1. The van der Waals surface area contributed by atoms with Gasteiger partial charge >= 0.3 is 29.8 Å². The molecule has 0 aromatic rings. The molecule has 0 saturated heterocycles. The Morgan fingerprint density at radius 1 is 0.913 bits per heavy atom. The number of hydrogen-bond acceptors (Lipinski definition) is 2. The molecule has 3 atom stereocenters. The van der Waals surface area contributed by atoms with Crippen LogP contribution >= 0.6 is 0 Å². The molecule has 0 radical (unpaired) electrons. The van der Waals surface area contributed by atoms with E-state index in [1.54, 1.807) is 0 Å². The Labute approximate surface area is 124 Å². The van der Waals surface area contributed by atoms with Crippen LogP contribution < -0.4 is 0 Å². The molecule has 2 aliphatic carbocycles. The number of aliphatic carboxylic acids is 1. The number of carboxylic acid groups (broad SMARTS) is 1. The SMILES string of the molecule is O=C(O)C(F)(F)C(F)(F)C(F)(F)C(F)(F)OC1CC2CCC1C2. The number of ether oxygens (including phenoxy) is 1. The molecular formula is C12H12F8O3. The van der Waals surface area contributed by atoms with Crippen LogP contribution in [0.15, 0.2) is 0 Å². The third-order valence-corrected chi connectivity index (χ3v) is 4.40. The van der Waals surface area contributed by atoms with Crippen LogP contribution in [0.25, 0.3) is 0 Å². The number of carboxylic acids is 1. The van der Waals surface area contributed by atoms with Crippen LogP contribution in [0.4, 0.5) is 35.1 Å². The lowest BCUT2D eigenvalue weighted by molar-refractivity contribution is -0.432. The van der Waals surface area contributed by atoms with Crippen LogP contribution in [-0.4, -0.2) is 41.1 Å². The summed E-state index contributed by atoms with van der Waals surface area (Å²) in [4.78, 5) is 10.0. The van der Waals surface area contributed by atoms with Crippen LogP contribution in [0.2, 0.25) is 0 Å². The zero-order valence-corrected chi connectivity index (χ0v) is 11.3. The van der Waals surface area contributed by atoms with Crippen LogP contribution in [0.1, 0.15) is 25.7 Å². The molecule has 0 spiro atoms. The molecule has 0 amide bonds.